The molecule has 0 amide bonds. The second kappa shape index (κ2) is 7.83. The summed E-state index contributed by atoms with van der Waals surface area (Å²) >= 11 is 0. The molecule has 4 heteroatoms. The van der Waals surface area contributed by atoms with Crippen LogP contribution < -0.4 is 10.6 Å². The predicted molar refractivity (Wildman–Crippen MR) is 107 cm³/mol. The highest BCUT2D eigenvalue weighted by molar-refractivity contribution is 8.08. The molecule has 114 valence electrons. The molecule has 0 aromatic heterocycles. The van der Waals surface area contributed by atoms with Gasteiger partial charge in [0.1, 0.15) is 0 Å². The molecule has 1 nitrogen and oxygen atoms in total. The summed E-state index contributed by atoms with van der Waals surface area (Å²) in [6.07, 6.45) is 0.635. The Bertz CT molecular complexity index is 711. The van der Waals surface area contributed by atoms with E-state index in [0.717, 1.165) is 0 Å². The van der Waals surface area contributed by atoms with Gasteiger partial charge in [-0.3, -0.25) is 0 Å². The first-order valence-electron chi connectivity index (χ1n) is 8.00. The van der Waals surface area contributed by atoms with E-state index in [9.17, 15) is 0 Å². The van der Waals surface area contributed by atoms with Gasteiger partial charge in [0.05, 0.1) is 16.9 Å². The Morgan fingerprint density at radius 1 is 0.667 bits per heavy atom. The Morgan fingerprint density at radius 2 is 1.08 bits per heavy atom. The van der Waals surface area contributed by atoms with Gasteiger partial charge in [0.2, 0.25) is 0 Å². The molecule has 0 aliphatic heterocycles. The van der Waals surface area contributed by atoms with Crippen LogP contribution in [-0.4, -0.2) is 26.6 Å². The van der Waals surface area contributed by atoms with Crippen molar-refractivity contribution in [2.45, 2.75) is 6.54 Å². The molecule has 0 saturated heterocycles. The van der Waals surface area contributed by atoms with Gasteiger partial charge in [0.25, 0.3) is 0 Å². The number of hydrogen-bond acceptors (Lipinski definition) is 1. The topological polar surface area (TPSA) is 3.24 Å². The number of benzene rings is 3. The summed E-state index contributed by atoms with van der Waals surface area (Å²) in [4.78, 5) is 1.84. The zero-order valence-electron chi connectivity index (χ0n) is 13.6. The number of hydrogen-bond donors (Lipinski definition) is 0. The fourth-order valence-corrected chi connectivity index (χ4v) is 5.56. The number of rotatable bonds is 6. The molecule has 0 aliphatic rings. The Balaban J connectivity index is 1.88. The minimum absolute atomic E-state index is 0.635. The molecule has 0 N–H and O–H groups in total. The van der Waals surface area contributed by atoms with E-state index >= 15 is 0 Å². The first-order valence-corrected chi connectivity index (χ1v) is 10.0. The lowest BCUT2D eigenvalue weighted by Gasteiger charge is -2.29. The maximum absolute atomic E-state index is 6.98. The van der Waals surface area contributed by atoms with Crippen LogP contribution in [0.5, 0.6) is 0 Å². The molecule has 4 radical (unpaired) electrons. The molecule has 0 spiro atoms. The van der Waals surface area contributed by atoms with E-state index in [1.54, 1.807) is 0 Å². The van der Waals surface area contributed by atoms with E-state index in [4.69, 9.17) is 15.5 Å². The minimum Gasteiger partial charge on any atom is -0.320 e. The van der Waals surface area contributed by atoms with Crippen molar-refractivity contribution in [3.05, 3.63) is 96.6 Å². The molecule has 24 heavy (non-hydrogen) atoms. The van der Waals surface area contributed by atoms with Gasteiger partial charge < -0.3 is 4.81 Å². The third-order valence-corrected chi connectivity index (χ3v) is 7.32. The lowest BCUT2D eigenvalue weighted by atomic mass is 10.2. The van der Waals surface area contributed by atoms with Crippen LogP contribution in [0.15, 0.2) is 91.0 Å². The van der Waals surface area contributed by atoms with Crippen LogP contribution in [0.4, 0.5) is 0 Å². The van der Waals surface area contributed by atoms with Gasteiger partial charge >= 0.3 is 7.57 Å². The van der Waals surface area contributed by atoms with Gasteiger partial charge in [-0.15, -0.1) is 0 Å². The van der Waals surface area contributed by atoms with E-state index in [-0.39, 0.29) is 0 Å². The van der Waals surface area contributed by atoms with Crippen molar-refractivity contribution in [3.63, 3.8) is 0 Å². The average Bonchev–Trinajstić information content (AvgIpc) is 2.64. The van der Waals surface area contributed by atoms with Crippen molar-refractivity contribution >= 4 is 33.3 Å². The Morgan fingerprint density at radius 3 is 1.54 bits per heavy atom. The lowest BCUT2D eigenvalue weighted by molar-refractivity contribution is 0.521. The number of nitrogens with zero attached hydrogens (tertiary/aromatic N) is 1. The molecule has 0 bridgehead atoms. The largest absolute Gasteiger partial charge is 0.378 e. The summed E-state index contributed by atoms with van der Waals surface area (Å²) in [6.45, 7) is 0.680. The molecular weight excluding hydrogens is 307 g/mol. The quantitative estimate of drug-likeness (QED) is 0.496. The van der Waals surface area contributed by atoms with Gasteiger partial charge in [0.15, 0.2) is 7.98 Å². The summed E-state index contributed by atoms with van der Waals surface area (Å²) in [5.74, 6) is 0. The van der Waals surface area contributed by atoms with Crippen molar-refractivity contribution in [2.75, 3.05) is 6.29 Å². The van der Waals surface area contributed by atoms with Gasteiger partial charge in [-0.05, 0) is 29.8 Å². The van der Waals surface area contributed by atoms with Crippen molar-refractivity contribution in [1.82, 2.24) is 4.81 Å². The summed E-state index contributed by atoms with van der Waals surface area (Å²) in [5.41, 5.74) is 1.19. The van der Waals surface area contributed by atoms with Crippen LogP contribution in [0.2, 0.25) is 0 Å². The smallest absolute Gasteiger partial charge is 0.320 e. The summed E-state index contributed by atoms with van der Waals surface area (Å²) < 4.78 is 0. The molecule has 3 aromatic rings. The highest BCUT2D eigenvalue weighted by atomic mass is 31.2. The molecule has 0 aliphatic carbocycles. The minimum atomic E-state index is -2.07. The molecular formula is C20H19B2NP+. The van der Waals surface area contributed by atoms with Gasteiger partial charge in [-0.25, -0.2) is 0 Å². The van der Waals surface area contributed by atoms with Crippen LogP contribution in [0.3, 0.4) is 0 Å². The fourth-order valence-electron chi connectivity index (χ4n) is 2.85. The average molecular weight is 326 g/mol. The van der Waals surface area contributed by atoms with Crippen molar-refractivity contribution < 1.29 is 0 Å². The van der Waals surface area contributed by atoms with Crippen molar-refractivity contribution in [1.29, 1.82) is 0 Å². The third-order valence-electron chi connectivity index (χ3n) is 4.07. The molecule has 0 fully saturated rings. The standard InChI is InChI=1S/C20H19B2NP/c21-23(16-18-10-4-1-5-11-18)17-24(22,19-12-6-2-7-13-19)20-14-8-3-9-15-20/h1-15H,16-17H2/q+1. The normalized spacial score (nSPS) is 11.5. The predicted octanol–water partition coefficient (Wildman–Crippen LogP) is 3.28. The Labute approximate surface area is 147 Å². The maximum Gasteiger partial charge on any atom is 0.378 e. The Kier molecular flexibility index (Phi) is 5.56. The monoisotopic (exact) mass is 326 g/mol. The molecule has 3 rings (SSSR count). The van der Waals surface area contributed by atoms with Gasteiger partial charge in [-0.2, -0.15) is 0 Å². The zero-order valence-corrected chi connectivity index (χ0v) is 14.5. The van der Waals surface area contributed by atoms with E-state index in [0.29, 0.717) is 12.8 Å². The highest BCUT2D eigenvalue weighted by Crippen LogP contribution is 2.51. The maximum atomic E-state index is 6.98. The van der Waals surface area contributed by atoms with E-state index in [1.807, 2.05) is 59.4 Å². The fraction of sp³-hybridized carbons (Fsp3) is 0.100. The molecule has 0 unspecified atom stereocenters. The SMILES string of the molecule is [B]N(Cc1ccccc1)C[P+]([B])(c1ccccc1)c1ccccc1. The van der Waals surface area contributed by atoms with Gasteiger partial charge in [-0.1, -0.05) is 66.7 Å². The molecule has 3 aromatic carbocycles. The lowest BCUT2D eigenvalue weighted by Crippen LogP contribution is -2.33. The first kappa shape index (κ1) is 17.0. The highest BCUT2D eigenvalue weighted by Gasteiger charge is 2.38. The Hall–Kier alpha value is -1.82. The summed E-state index contributed by atoms with van der Waals surface area (Å²) in [7, 11) is 11.3. The molecule has 0 heterocycles. The van der Waals surface area contributed by atoms with E-state index in [2.05, 4.69) is 36.4 Å². The zero-order chi connectivity index (χ0) is 16.8. The van der Waals surface area contributed by atoms with Crippen LogP contribution in [0.1, 0.15) is 5.56 Å². The van der Waals surface area contributed by atoms with E-state index < -0.39 is 7.14 Å². The third kappa shape index (κ3) is 3.98. The van der Waals surface area contributed by atoms with E-state index in [1.165, 1.54) is 16.2 Å². The van der Waals surface area contributed by atoms with Crippen molar-refractivity contribution in [3.8, 4) is 0 Å². The van der Waals surface area contributed by atoms with Crippen LogP contribution in [-0.2, 0) is 6.54 Å². The second-order valence-corrected chi connectivity index (χ2v) is 8.97. The van der Waals surface area contributed by atoms with Gasteiger partial charge in [0, 0.05) is 13.7 Å². The first-order chi connectivity index (χ1) is 11.7. The van der Waals surface area contributed by atoms with Crippen LogP contribution in [0, 0.1) is 0 Å². The summed E-state index contributed by atoms with van der Waals surface area (Å²) in [5, 5.41) is 2.33. The molecule has 0 saturated carbocycles. The summed E-state index contributed by atoms with van der Waals surface area (Å²) in [6, 6.07) is 30.9. The van der Waals surface area contributed by atoms with Crippen molar-refractivity contribution in [2.24, 2.45) is 0 Å². The van der Waals surface area contributed by atoms with Crippen LogP contribution >= 0.6 is 7.14 Å². The second-order valence-electron chi connectivity index (χ2n) is 5.91. The van der Waals surface area contributed by atoms with Crippen LogP contribution in [0.25, 0.3) is 0 Å². The molecule has 0 atom stereocenters.